The van der Waals surface area contributed by atoms with E-state index in [1.54, 1.807) is 7.11 Å². The molecular formula is C35H43N3O5. The summed E-state index contributed by atoms with van der Waals surface area (Å²) in [6.45, 7) is 9.81. The Labute approximate surface area is 254 Å². The zero-order chi connectivity index (χ0) is 29.9. The van der Waals surface area contributed by atoms with Gasteiger partial charge in [-0.1, -0.05) is 30.3 Å². The van der Waals surface area contributed by atoms with Crippen molar-refractivity contribution in [1.29, 1.82) is 0 Å². The summed E-state index contributed by atoms with van der Waals surface area (Å²) in [5.74, 6) is 0.352. The molecule has 2 fully saturated rings. The number of para-hydroxylation sites is 1. The fraction of sp³-hybridized carbons (Fsp3) is 0.486. The Morgan fingerprint density at radius 3 is 2.65 bits per heavy atom. The van der Waals surface area contributed by atoms with Crippen LogP contribution in [0, 0.1) is 19.8 Å². The minimum atomic E-state index is -0.805. The van der Waals surface area contributed by atoms with Crippen LogP contribution in [0.2, 0.25) is 0 Å². The van der Waals surface area contributed by atoms with Gasteiger partial charge in [0.05, 0.1) is 17.7 Å². The lowest BCUT2D eigenvalue weighted by molar-refractivity contribution is -0.147. The standard InChI is InChI=1S/C35H43N3O5/c1-23-6-4-7-29(31-8-5-9-33(36-31)38-17-13-30(35(39)40)32(21-38)41-3)34(23)43-22-26-11-10-25-20-37(16-12-28(25)24(26)2)27-14-18-42-19-15-27/h4-11,27,30,32H,12-22H2,1-3H3,(H,39,40)/t30-,32+/m0/s1. The van der Waals surface area contributed by atoms with Gasteiger partial charge >= 0.3 is 5.97 Å². The molecule has 0 amide bonds. The van der Waals surface area contributed by atoms with Crippen molar-refractivity contribution in [1.82, 2.24) is 9.88 Å². The third-order valence-corrected chi connectivity index (χ3v) is 9.63. The highest BCUT2D eigenvalue weighted by Crippen LogP contribution is 2.35. The number of carbonyl (C=O) groups is 1. The molecule has 8 nitrogen and oxygen atoms in total. The van der Waals surface area contributed by atoms with Gasteiger partial charge in [0.2, 0.25) is 0 Å². The van der Waals surface area contributed by atoms with E-state index in [1.165, 1.54) is 22.3 Å². The molecule has 8 heteroatoms. The monoisotopic (exact) mass is 585 g/mol. The van der Waals surface area contributed by atoms with Gasteiger partial charge in [-0.15, -0.1) is 0 Å². The summed E-state index contributed by atoms with van der Waals surface area (Å²) in [5, 5.41) is 9.58. The average molecular weight is 586 g/mol. The second-order valence-corrected chi connectivity index (χ2v) is 12.1. The van der Waals surface area contributed by atoms with E-state index in [1.807, 2.05) is 24.3 Å². The summed E-state index contributed by atoms with van der Waals surface area (Å²) >= 11 is 0. The lowest BCUT2D eigenvalue weighted by atomic mass is 9.90. The predicted octanol–water partition coefficient (Wildman–Crippen LogP) is 5.41. The zero-order valence-corrected chi connectivity index (χ0v) is 25.6. The molecule has 2 atom stereocenters. The van der Waals surface area contributed by atoms with E-state index in [2.05, 4.69) is 47.9 Å². The van der Waals surface area contributed by atoms with E-state index < -0.39 is 11.9 Å². The van der Waals surface area contributed by atoms with Crippen molar-refractivity contribution < 1.29 is 24.1 Å². The van der Waals surface area contributed by atoms with Crippen molar-refractivity contribution in [2.45, 2.75) is 64.8 Å². The molecule has 0 aliphatic carbocycles. The largest absolute Gasteiger partial charge is 0.488 e. The summed E-state index contributed by atoms with van der Waals surface area (Å²) in [7, 11) is 1.58. The number of aromatic nitrogens is 1. The van der Waals surface area contributed by atoms with Gasteiger partial charge in [-0.3, -0.25) is 9.69 Å². The number of hydrogen-bond acceptors (Lipinski definition) is 7. The highest BCUT2D eigenvalue weighted by Gasteiger charge is 2.35. The Bertz CT molecular complexity index is 1450. The molecule has 0 saturated carbocycles. The van der Waals surface area contributed by atoms with Crippen LogP contribution in [0.4, 0.5) is 5.82 Å². The molecule has 2 saturated heterocycles. The molecule has 43 heavy (non-hydrogen) atoms. The lowest BCUT2D eigenvalue weighted by Gasteiger charge is -2.38. The molecule has 2 aromatic carbocycles. The van der Waals surface area contributed by atoms with Gasteiger partial charge in [-0.2, -0.15) is 0 Å². The van der Waals surface area contributed by atoms with E-state index in [0.717, 1.165) is 74.0 Å². The molecule has 1 N–H and O–H groups in total. The Kier molecular flexibility index (Phi) is 8.98. The van der Waals surface area contributed by atoms with Crippen LogP contribution in [0.25, 0.3) is 11.3 Å². The number of carboxylic acid groups (broad SMARTS) is 1. The van der Waals surface area contributed by atoms with E-state index >= 15 is 0 Å². The number of aryl methyl sites for hydroxylation is 1. The van der Waals surface area contributed by atoms with Crippen LogP contribution < -0.4 is 9.64 Å². The number of fused-ring (bicyclic) bond motifs is 1. The van der Waals surface area contributed by atoms with Crippen molar-refractivity contribution in [2.24, 2.45) is 5.92 Å². The maximum absolute atomic E-state index is 11.7. The smallest absolute Gasteiger partial charge is 0.309 e. The predicted molar refractivity (Wildman–Crippen MR) is 167 cm³/mol. The minimum absolute atomic E-state index is 0.376. The van der Waals surface area contributed by atoms with Crippen LogP contribution in [0.5, 0.6) is 5.75 Å². The van der Waals surface area contributed by atoms with Crippen LogP contribution in [-0.2, 0) is 33.8 Å². The molecule has 0 bridgehead atoms. The third kappa shape index (κ3) is 6.28. The van der Waals surface area contributed by atoms with Gasteiger partial charge in [-0.05, 0) is 85.5 Å². The van der Waals surface area contributed by atoms with Crippen LogP contribution in [0.1, 0.15) is 47.1 Å². The first-order valence-electron chi connectivity index (χ1n) is 15.6. The van der Waals surface area contributed by atoms with Crippen molar-refractivity contribution in [3.05, 3.63) is 76.3 Å². The van der Waals surface area contributed by atoms with Gasteiger partial charge in [0.15, 0.2) is 0 Å². The van der Waals surface area contributed by atoms with Gasteiger partial charge in [0, 0.05) is 58.1 Å². The maximum Gasteiger partial charge on any atom is 0.309 e. The summed E-state index contributed by atoms with van der Waals surface area (Å²) in [6, 6.07) is 17.4. The van der Waals surface area contributed by atoms with Gasteiger partial charge in [0.1, 0.15) is 18.2 Å². The van der Waals surface area contributed by atoms with E-state index in [4.69, 9.17) is 19.2 Å². The summed E-state index contributed by atoms with van der Waals surface area (Å²) in [5.41, 5.74) is 8.34. The van der Waals surface area contributed by atoms with Crippen LogP contribution >= 0.6 is 0 Å². The summed E-state index contributed by atoms with van der Waals surface area (Å²) < 4.78 is 17.7. The molecule has 1 aromatic heterocycles. The number of methoxy groups -OCH3 is 1. The topological polar surface area (TPSA) is 84.4 Å². The third-order valence-electron chi connectivity index (χ3n) is 9.63. The fourth-order valence-electron chi connectivity index (χ4n) is 7.02. The molecule has 0 radical (unpaired) electrons. The zero-order valence-electron chi connectivity index (χ0n) is 25.6. The molecule has 3 aliphatic heterocycles. The molecule has 4 heterocycles. The molecule has 6 rings (SSSR count). The van der Waals surface area contributed by atoms with Crippen LogP contribution in [-0.4, -0.2) is 73.1 Å². The van der Waals surface area contributed by atoms with Gasteiger partial charge in [0.25, 0.3) is 0 Å². The maximum atomic E-state index is 11.7. The van der Waals surface area contributed by atoms with E-state index in [0.29, 0.717) is 32.2 Å². The number of rotatable bonds is 8. The van der Waals surface area contributed by atoms with Crippen molar-refractivity contribution in [3.63, 3.8) is 0 Å². The van der Waals surface area contributed by atoms with Crippen LogP contribution in [0.3, 0.4) is 0 Å². The SMILES string of the molecule is CO[C@@H]1CN(c2cccc(-c3cccc(C)c3OCc3ccc4c(c3C)CCN(C3CCOCC3)C4)n2)CC[C@@H]1C(=O)O. The number of piperidine rings is 1. The highest BCUT2D eigenvalue weighted by molar-refractivity contribution is 5.72. The average Bonchev–Trinajstić information content (AvgIpc) is 3.04. The molecule has 3 aromatic rings. The first kappa shape index (κ1) is 29.6. The summed E-state index contributed by atoms with van der Waals surface area (Å²) in [6.07, 6.45) is 3.49. The van der Waals surface area contributed by atoms with Crippen LogP contribution in [0.15, 0.2) is 48.5 Å². The second-order valence-electron chi connectivity index (χ2n) is 12.1. The highest BCUT2D eigenvalue weighted by atomic mass is 16.5. The van der Waals surface area contributed by atoms with E-state index in [-0.39, 0.29) is 6.10 Å². The second kappa shape index (κ2) is 13.0. The number of carboxylic acids is 1. The molecule has 0 spiro atoms. The number of pyridine rings is 1. The number of nitrogens with zero attached hydrogens (tertiary/aromatic N) is 3. The molecule has 3 aliphatic rings. The number of aliphatic carboxylic acids is 1. The minimum Gasteiger partial charge on any atom is -0.488 e. The summed E-state index contributed by atoms with van der Waals surface area (Å²) in [4.78, 5) is 21.4. The normalized spacial score (nSPS) is 21.4. The van der Waals surface area contributed by atoms with E-state index in [9.17, 15) is 9.90 Å². The first-order chi connectivity index (χ1) is 20.9. The quantitative estimate of drug-likeness (QED) is 0.376. The van der Waals surface area contributed by atoms with Crippen molar-refractivity contribution in [2.75, 3.05) is 44.9 Å². The Morgan fingerprint density at radius 1 is 1.05 bits per heavy atom. The molecular weight excluding hydrogens is 542 g/mol. The molecule has 0 unspecified atom stereocenters. The molecule has 228 valence electrons. The van der Waals surface area contributed by atoms with Crippen molar-refractivity contribution in [3.8, 4) is 17.0 Å². The Hall–Kier alpha value is -3.46. The fourth-order valence-corrected chi connectivity index (χ4v) is 7.02. The number of anilines is 1. The number of hydrogen-bond donors (Lipinski definition) is 1. The van der Waals surface area contributed by atoms with Gasteiger partial charge in [-0.25, -0.2) is 4.98 Å². The lowest BCUT2D eigenvalue weighted by Crippen LogP contribution is -2.47. The van der Waals surface area contributed by atoms with Crippen molar-refractivity contribution >= 4 is 11.8 Å². The number of ether oxygens (including phenoxy) is 3. The Morgan fingerprint density at radius 2 is 1.86 bits per heavy atom. The number of benzene rings is 2. The first-order valence-corrected chi connectivity index (χ1v) is 15.6. The Balaban J connectivity index is 1.19. The van der Waals surface area contributed by atoms with Gasteiger partial charge < -0.3 is 24.2 Å².